The molecule has 0 saturated heterocycles. The number of carbonyl (C=O) groups excluding carboxylic acids is 1. The summed E-state index contributed by atoms with van der Waals surface area (Å²) in [6.45, 7) is 5.69. The van der Waals surface area contributed by atoms with Crippen LogP contribution in [0.2, 0.25) is 0 Å². The van der Waals surface area contributed by atoms with Crippen LogP contribution in [0.5, 0.6) is 0 Å². The number of carbonyl (C=O) groups is 1. The molecule has 0 aromatic heterocycles. The molecule has 0 saturated carbocycles. The van der Waals surface area contributed by atoms with E-state index in [-0.39, 0.29) is 11.4 Å². The van der Waals surface area contributed by atoms with Crippen molar-refractivity contribution < 1.29 is 4.79 Å². The lowest BCUT2D eigenvalue weighted by atomic mass is 9.88. The largest absolute Gasteiger partial charge is 0.337 e. The molecule has 0 aromatic carbocycles. The number of hydrogen-bond donors (Lipinski definition) is 2. The molecule has 84 valence electrons. The molecule has 0 aliphatic carbocycles. The Balaban J connectivity index is 3.80. The highest BCUT2D eigenvalue weighted by molar-refractivity contribution is 5.73. The van der Waals surface area contributed by atoms with Crippen LogP contribution in [0.25, 0.3) is 0 Å². The third-order valence-corrected chi connectivity index (χ3v) is 2.18. The van der Waals surface area contributed by atoms with Gasteiger partial charge in [0, 0.05) is 20.6 Å². The topological polar surface area (TPSA) is 58.4 Å². The minimum atomic E-state index is -0.0363. The van der Waals surface area contributed by atoms with Gasteiger partial charge in [-0.3, -0.25) is 0 Å². The molecule has 0 aliphatic heterocycles. The first-order valence-electron chi connectivity index (χ1n) is 5.04. The zero-order valence-electron chi connectivity index (χ0n) is 9.76. The highest BCUT2D eigenvalue weighted by Gasteiger charge is 2.18. The lowest BCUT2D eigenvalue weighted by molar-refractivity contribution is 0.208. The molecule has 0 unspecified atom stereocenters. The Morgan fingerprint density at radius 1 is 1.43 bits per heavy atom. The van der Waals surface area contributed by atoms with Gasteiger partial charge in [-0.25, -0.2) is 4.79 Å². The number of nitrogens with two attached hydrogens (primary N) is 1. The second-order valence-electron chi connectivity index (χ2n) is 4.61. The maximum atomic E-state index is 11.3. The molecule has 0 fully saturated rings. The fourth-order valence-electron chi connectivity index (χ4n) is 1.14. The van der Waals surface area contributed by atoms with Gasteiger partial charge in [-0.1, -0.05) is 13.8 Å². The van der Waals surface area contributed by atoms with Crippen molar-refractivity contribution in [2.45, 2.75) is 26.7 Å². The van der Waals surface area contributed by atoms with Gasteiger partial charge in [0.15, 0.2) is 0 Å². The van der Waals surface area contributed by atoms with E-state index in [1.807, 2.05) is 0 Å². The number of hydrogen-bond acceptors (Lipinski definition) is 2. The van der Waals surface area contributed by atoms with E-state index in [0.29, 0.717) is 13.1 Å². The van der Waals surface area contributed by atoms with Crippen molar-refractivity contribution >= 4 is 6.03 Å². The zero-order valence-corrected chi connectivity index (χ0v) is 9.76. The van der Waals surface area contributed by atoms with Crippen LogP contribution >= 0.6 is 0 Å². The lowest BCUT2D eigenvalue weighted by Crippen LogP contribution is -2.40. The van der Waals surface area contributed by atoms with Crippen LogP contribution in [0.4, 0.5) is 4.79 Å². The average Bonchev–Trinajstić information content (AvgIpc) is 2.11. The second-order valence-corrected chi connectivity index (χ2v) is 4.61. The molecule has 0 heterocycles. The lowest BCUT2D eigenvalue weighted by Gasteiger charge is -2.25. The maximum Gasteiger partial charge on any atom is 0.316 e. The van der Waals surface area contributed by atoms with Crippen LogP contribution in [0.15, 0.2) is 0 Å². The van der Waals surface area contributed by atoms with E-state index in [4.69, 9.17) is 5.73 Å². The molecule has 0 aliphatic rings. The van der Waals surface area contributed by atoms with Gasteiger partial charge in [-0.05, 0) is 24.8 Å². The number of amides is 2. The first-order chi connectivity index (χ1) is 6.39. The molecular weight excluding hydrogens is 178 g/mol. The summed E-state index contributed by atoms with van der Waals surface area (Å²) in [5.41, 5.74) is 5.57. The van der Waals surface area contributed by atoms with Crippen molar-refractivity contribution in [3.8, 4) is 0 Å². The van der Waals surface area contributed by atoms with Crippen LogP contribution in [-0.2, 0) is 0 Å². The van der Waals surface area contributed by atoms with Gasteiger partial charge in [0.1, 0.15) is 0 Å². The summed E-state index contributed by atoms with van der Waals surface area (Å²) >= 11 is 0. The Morgan fingerprint density at radius 2 is 2.00 bits per heavy atom. The average molecular weight is 201 g/mol. The van der Waals surface area contributed by atoms with Gasteiger partial charge in [0.05, 0.1) is 0 Å². The first kappa shape index (κ1) is 13.2. The van der Waals surface area contributed by atoms with Gasteiger partial charge in [0.25, 0.3) is 0 Å². The van der Waals surface area contributed by atoms with E-state index in [1.165, 1.54) is 0 Å². The molecule has 3 N–H and O–H groups in total. The third kappa shape index (κ3) is 5.80. The quantitative estimate of drug-likeness (QED) is 0.698. The van der Waals surface area contributed by atoms with Crippen LogP contribution in [0, 0.1) is 5.41 Å². The third-order valence-electron chi connectivity index (χ3n) is 2.18. The van der Waals surface area contributed by atoms with Crippen molar-refractivity contribution in [3.63, 3.8) is 0 Å². The summed E-state index contributed by atoms with van der Waals surface area (Å²) in [6.07, 6.45) is 2.04. The Labute approximate surface area is 86.8 Å². The highest BCUT2D eigenvalue weighted by Crippen LogP contribution is 2.20. The fraction of sp³-hybridized carbons (Fsp3) is 0.900. The maximum absolute atomic E-state index is 11.3. The van der Waals surface area contributed by atoms with Crippen molar-refractivity contribution in [2.24, 2.45) is 11.1 Å². The van der Waals surface area contributed by atoms with E-state index in [2.05, 4.69) is 19.2 Å². The smallest absolute Gasteiger partial charge is 0.316 e. The molecule has 0 bridgehead atoms. The molecule has 0 radical (unpaired) electrons. The van der Waals surface area contributed by atoms with Gasteiger partial charge in [0.2, 0.25) is 0 Å². The number of rotatable bonds is 5. The summed E-state index contributed by atoms with van der Waals surface area (Å²) in [7, 11) is 3.48. The van der Waals surface area contributed by atoms with Gasteiger partial charge < -0.3 is 16.0 Å². The predicted molar refractivity (Wildman–Crippen MR) is 59.2 cm³/mol. The molecule has 14 heavy (non-hydrogen) atoms. The molecule has 0 atom stereocenters. The normalized spacial score (nSPS) is 11.2. The minimum Gasteiger partial charge on any atom is -0.337 e. The molecule has 0 spiro atoms. The standard InChI is InChI=1S/C10H23N3O/c1-10(2,6-5-7-11)8-12-9(14)13(3)4/h5-8,11H2,1-4H3,(H,12,14). The van der Waals surface area contributed by atoms with Crippen molar-refractivity contribution in [1.82, 2.24) is 10.2 Å². The summed E-state index contributed by atoms with van der Waals surface area (Å²) in [4.78, 5) is 12.8. The van der Waals surface area contributed by atoms with Crippen molar-refractivity contribution in [1.29, 1.82) is 0 Å². The van der Waals surface area contributed by atoms with Crippen LogP contribution in [0.3, 0.4) is 0 Å². The first-order valence-corrected chi connectivity index (χ1v) is 5.04. The SMILES string of the molecule is CN(C)C(=O)NCC(C)(C)CCCN. The number of nitrogens with one attached hydrogen (secondary N) is 1. The molecule has 0 rings (SSSR count). The summed E-state index contributed by atoms with van der Waals surface area (Å²) < 4.78 is 0. The van der Waals surface area contributed by atoms with Crippen LogP contribution < -0.4 is 11.1 Å². The Bertz CT molecular complexity index is 178. The van der Waals surface area contributed by atoms with Gasteiger partial charge in [-0.15, -0.1) is 0 Å². The van der Waals surface area contributed by atoms with Crippen LogP contribution in [0.1, 0.15) is 26.7 Å². The van der Waals surface area contributed by atoms with Crippen molar-refractivity contribution in [2.75, 3.05) is 27.2 Å². The summed E-state index contributed by atoms with van der Waals surface area (Å²) in [6, 6.07) is -0.0363. The Morgan fingerprint density at radius 3 is 2.43 bits per heavy atom. The number of urea groups is 1. The predicted octanol–water partition coefficient (Wildman–Crippen LogP) is 1.02. The molecule has 4 heteroatoms. The molecular formula is C10H23N3O. The van der Waals surface area contributed by atoms with Crippen molar-refractivity contribution in [3.05, 3.63) is 0 Å². The summed E-state index contributed by atoms with van der Waals surface area (Å²) in [5, 5.41) is 2.88. The van der Waals surface area contributed by atoms with Gasteiger partial charge in [-0.2, -0.15) is 0 Å². The fourth-order valence-corrected chi connectivity index (χ4v) is 1.14. The Kier molecular flexibility index (Phi) is 5.53. The molecule has 2 amide bonds. The van der Waals surface area contributed by atoms with E-state index in [0.717, 1.165) is 12.8 Å². The van der Waals surface area contributed by atoms with Gasteiger partial charge >= 0.3 is 6.03 Å². The highest BCUT2D eigenvalue weighted by atomic mass is 16.2. The van der Waals surface area contributed by atoms with E-state index >= 15 is 0 Å². The minimum absolute atomic E-state index is 0.0363. The van der Waals surface area contributed by atoms with E-state index in [1.54, 1.807) is 19.0 Å². The molecule has 4 nitrogen and oxygen atoms in total. The monoisotopic (exact) mass is 201 g/mol. The second kappa shape index (κ2) is 5.86. The van der Waals surface area contributed by atoms with E-state index in [9.17, 15) is 4.79 Å². The Hall–Kier alpha value is -0.770. The van der Waals surface area contributed by atoms with E-state index < -0.39 is 0 Å². The molecule has 0 aromatic rings. The summed E-state index contributed by atoms with van der Waals surface area (Å²) in [5.74, 6) is 0. The van der Waals surface area contributed by atoms with Crippen LogP contribution in [-0.4, -0.2) is 38.1 Å². The zero-order chi connectivity index (χ0) is 11.2. The number of nitrogens with zero attached hydrogens (tertiary/aromatic N) is 1.